The molecule has 0 unspecified atom stereocenters. The Morgan fingerprint density at radius 3 is 2.62 bits per heavy atom. The summed E-state index contributed by atoms with van der Waals surface area (Å²) < 4.78 is 6.09. The molecule has 8 heteroatoms. The number of halogens is 2. The number of ether oxygens (including phenoxy) is 1. The Labute approximate surface area is 134 Å². The van der Waals surface area contributed by atoms with Crippen LogP contribution in [0.4, 0.5) is 5.69 Å². The SMILES string of the molecule is CC(C)c1nc(Cl)cc(Oc2cc(Br)cc([N+](=O)[O-])c2)n1. The summed E-state index contributed by atoms with van der Waals surface area (Å²) in [5, 5.41) is 11.1. The molecule has 6 nitrogen and oxygen atoms in total. The smallest absolute Gasteiger partial charge is 0.274 e. The maximum Gasteiger partial charge on any atom is 0.274 e. The molecule has 0 amide bonds. The van der Waals surface area contributed by atoms with Crippen molar-refractivity contribution in [3.05, 3.63) is 49.8 Å². The van der Waals surface area contributed by atoms with Crippen LogP contribution in [0.3, 0.4) is 0 Å². The van der Waals surface area contributed by atoms with E-state index in [0.717, 1.165) is 0 Å². The highest BCUT2D eigenvalue weighted by molar-refractivity contribution is 9.10. The van der Waals surface area contributed by atoms with Gasteiger partial charge in [-0.25, -0.2) is 4.98 Å². The van der Waals surface area contributed by atoms with E-state index in [1.165, 1.54) is 18.2 Å². The zero-order valence-corrected chi connectivity index (χ0v) is 13.6. The number of benzene rings is 1. The van der Waals surface area contributed by atoms with Gasteiger partial charge >= 0.3 is 0 Å². The van der Waals surface area contributed by atoms with Crippen LogP contribution in [0.2, 0.25) is 5.15 Å². The molecule has 0 saturated heterocycles. The van der Waals surface area contributed by atoms with Gasteiger partial charge in [0.1, 0.15) is 16.7 Å². The molecule has 21 heavy (non-hydrogen) atoms. The topological polar surface area (TPSA) is 78.2 Å². The van der Waals surface area contributed by atoms with Gasteiger partial charge in [0, 0.05) is 22.5 Å². The van der Waals surface area contributed by atoms with Gasteiger partial charge in [-0.3, -0.25) is 10.1 Å². The first-order valence-corrected chi connectivity index (χ1v) is 7.19. The molecule has 0 saturated carbocycles. The molecule has 0 spiro atoms. The standard InChI is InChI=1S/C13H11BrClN3O3/c1-7(2)13-16-11(15)6-12(17-13)21-10-4-8(14)3-9(5-10)18(19)20/h3-7H,1-2H3. The fourth-order valence-electron chi connectivity index (χ4n) is 1.56. The molecule has 110 valence electrons. The molecular formula is C13H11BrClN3O3. The fourth-order valence-corrected chi connectivity index (χ4v) is 2.20. The Kier molecular flexibility index (Phi) is 4.74. The van der Waals surface area contributed by atoms with E-state index in [4.69, 9.17) is 16.3 Å². The molecule has 0 radical (unpaired) electrons. The third kappa shape index (κ3) is 4.12. The highest BCUT2D eigenvalue weighted by Gasteiger charge is 2.12. The van der Waals surface area contributed by atoms with Crippen molar-refractivity contribution in [3.8, 4) is 11.6 Å². The summed E-state index contributed by atoms with van der Waals surface area (Å²) in [4.78, 5) is 18.7. The van der Waals surface area contributed by atoms with Gasteiger partial charge in [-0.1, -0.05) is 41.4 Å². The molecule has 0 aliphatic heterocycles. The molecule has 1 heterocycles. The lowest BCUT2D eigenvalue weighted by atomic mass is 10.2. The zero-order valence-electron chi connectivity index (χ0n) is 11.2. The van der Waals surface area contributed by atoms with E-state index in [1.54, 1.807) is 6.07 Å². The van der Waals surface area contributed by atoms with Gasteiger partial charge < -0.3 is 4.74 Å². The molecule has 2 aromatic rings. The second-order valence-corrected chi connectivity index (χ2v) is 5.85. The number of rotatable bonds is 4. The first kappa shape index (κ1) is 15.7. The van der Waals surface area contributed by atoms with Crippen molar-refractivity contribution < 1.29 is 9.66 Å². The molecule has 2 rings (SSSR count). The van der Waals surface area contributed by atoms with E-state index < -0.39 is 4.92 Å². The van der Waals surface area contributed by atoms with Crippen molar-refractivity contribution in [2.75, 3.05) is 0 Å². The number of nitro groups is 1. The maximum absolute atomic E-state index is 10.8. The van der Waals surface area contributed by atoms with Crippen LogP contribution in [0.5, 0.6) is 11.6 Å². The third-order valence-electron chi connectivity index (χ3n) is 2.49. The summed E-state index contributed by atoms with van der Waals surface area (Å²) >= 11 is 9.13. The number of hydrogen-bond donors (Lipinski definition) is 0. The van der Waals surface area contributed by atoms with Crippen LogP contribution < -0.4 is 4.74 Å². The highest BCUT2D eigenvalue weighted by atomic mass is 79.9. The third-order valence-corrected chi connectivity index (χ3v) is 3.15. The van der Waals surface area contributed by atoms with Gasteiger partial charge in [0.15, 0.2) is 0 Å². The van der Waals surface area contributed by atoms with Crippen LogP contribution in [0.25, 0.3) is 0 Å². The van der Waals surface area contributed by atoms with Gasteiger partial charge in [-0.05, 0) is 6.07 Å². The van der Waals surface area contributed by atoms with Crippen LogP contribution in [-0.2, 0) is 0 Å². The van der Waals surface area contributed by atoms with Crippen molar-refractivity contribution in [1.29, 1.82) is 0 Å². The van der Waals surface area contributed by atoms with Crippen molar-refractivity contribution >= 4 is 33.2 Å². The van der Waals surface area contributed by atoms with Crippen LogP contribution in [0.15, 0.2) is 28.7 Å². The summed E-state index contributed by atoms with van der Waals surface area (Å²) in [6.07, 6.45) is 0. The molecule has 1 aromatic carbocycles. The minimum atomic E-state index is -0.496. The van der Waals surface area contributed by atoms with E-state index >= 15 is 0 Å². The van der Waals surface area contributed by atoms with Crippen molar-refractivity contribution in [2.45, 2.75) is 19.8 Å². The molecule has 0 bridgehead atoms. The fraction of sp³-hybridized carbons (Fsp3) is 0.231. The quantitative estimate of drug-likeness (QED) is 0.441. The largest absolute Gasteiger partial charge is 0.439 e. The Balaban J connectivity index is 2.36. The predicted molar refractivity (Wildman–Crippen MR) is 82.0 cm³/mol. The summed E-state index contributed by atoms with van der Waals surface area (Å²) in [6.45, 7) is 3.86. The first-order valence-electron chi connectivity index (χ1n) is 6.02. The monoisotopic (exact) mass is 371 g/mol. The molecule has 0 aliphatic rings. The average Bonchev–Trinajstić information content (AvgIpc) is 2.37. The number of non-ortho nitro benzene ring substituents is 1. The van der Waals surface area contributed by atoms with Gasteiger partial charge in [0.25, 0.3) is 5.69 Å². The van der Waals surface area contributed by atoms with E-state index in [9.17, 15) is 10.1 Å². The number of nitro benzene ring substituents is 1. The molecule has 0 fully saturated rings. The van der Waals surface area contributed by atoms with Crippen molar-refractivity contribution in [1.82, 2.24) is 9.97 Å². The average molecular weight is 373 g/mol. The number of aromatic nitrogens is 2. The molecule has 0 aliphatic carbocycles. The normalized spacial score (nSPS) is 10.7. The van der Waals surface area contributed by atoms with Gasteiger partial charge in [0.2, 0.25) is 5.88 Å². The maximum atomic E-state index is 10.8. The lowest BCUT2D eigenvalue weighted by Gasteiger charge is -2.09. The number of nitrogens with zero attached hydrogens (tertiary/aromatic N) is 3. The van der Waals surface area contributed by atoms with Gasteiger partial charge in [-0.2, -0.15) is 4.98 Å². The molecule has 0 N–H and O–H groups in total. The van der Waals surface area contributed by atoms with Crippen molar-refractivity contribution in [3.63, 3.8) is 0 Å². The van der Waals surface area contributed by atoms with Crippen LogP contribution >= 0.6 is 27.5 Å². The van der Waals surface area contributed by atoms with E-state index in [1.807, 2.05) is 13.8 Å². The van der Waals surface area contributed by atoms with Crippen LogP contribution in [0.1, 0.15) is 25.6 Å². The molecular weight excluding hydrogens is 362 g/mol. The molecule has 0 atom stereocenters. The minimum Gasteiger partial charge on any atom is -0.439 e. The Morgan fingerprint density at radius 2 is 2.00 bits per heavy atom. The predicted octanol–water partition coefficient (Wildman–Crippen LogP) is 4.72. The van der Waals surface area contributed by atoms with E-state index in [-0.39, 0.29) is 22.6 Å². The van der Waals surface area contributed by atoms with Crippen molar-refractivity contribution in [2.24, 2.45) is 0 Å². The summed E-state index contributed by atoms with van der Waals surface area (Å²) in [5.41, 5.74) is -0.0800. The highest BCUT2D eigenvalue weighted by Crippen LogP contribution is 2.30. The van der Waals surface area contributed by atoms with Gasteiger partial charge in [-0.15, -0.1) is 0 Å². The lowest BCUT2D eigenvalue weighted by molar-refractivity contribution is -0.385. The Hall–Kier alpha value is -1.73. The van der Waals surface area contributed by atoms with E-state index in [2.05, 4.69) is 25.9 Å². The number of hydrogen-bond acceptors (Lipinski definition) is 5. The van der Waals surface area contributed by atoms with Gasteiger partial charge in [0.05, 0.1) is 11.0 Å². The lowest BCUT2D eigenvalue weighted by Crippen LogP contribution is -2.00. The Bertz CT molecular complexity index is 694. The first-order chi connectivity index (χ1) is 9.85. The van der Waals surface area contributed by atoms with Crippen LogP contribution in [0, 0.1) is 10.1 Å². The second kappa shape index (κ2) is 6.36. The summed E-state index contributed by atoms with van der Waals surface area (Å²) in [6, 6.07) is 5.77. The molecule has 1 aromatic heterocycles. The second-order valence-electron chi connectivity index (χ2n) is 4.55. The summed E-state index contributed by atoms with van der Waals surface area (Å²) in [5.74, 6) is 1.16. The minimum absolute atomic E-state index is 0.0800. The van der Waals surface area contributed by atoms with Crippen LogP contribution in [-0.4, -0.2) is 14.9 Å². The zero-order chi connectivity index (χ0) is 15.6. The summed E-state index contributed by atoms with van der Waals surface area (Å²) in [7, 11) is 0. The van der Waals surface area contributed by atoms with E-state index in [0.29, 0.717) is 16.0 Å². The Morgan fingerprint density at radius 1 is 1.29 bits per heavy atom.